The monoisotopic (exact) mass is 475 g/mol. The van der Waals surface area contributed by atoms with Crippen LogP contribution in [0.3, 0.4) is 0 Å². The molecule has 0 aliphatic heterocycles. The van der Waals surface area contributed by atoms with Gasteiger partial charge in [-0.25, -0.2) is 0 Å². The van der Waals surface area contributed by atoms with E-state index >= 15 is 0 Å². The summed E-state index contributed by atoms with van der Waals surface area (Å²) >= 11 is 6.19. The summed E-state index contributed by atoms with van der Waals surface area (Å²) in [5.41, 5.74) is 6.06. The van der Waals surface area contributed by atoms with Gasteiger partial charge in [-0.2, -0.15) is 0 Å². The third kappa shape index (κ3) is 4.66. The Labute approximate surface area is 203 Å². The number of furan rings is 1. The number of ether oxygens (including phenoxy) is 2. The molecule has 0 spiro atoms. The number of aryl methyl sites for hydroxylation is 1. The lowest BCUT2D eigenvalue weighted by Crippen LogP contribution is -2.20. The minimum Gasteiger partial charge on any atom is -0.497 e. The first kappa shape index (κ1) is 23.5. The van der Waals surface area contributed by atoms with Gasteiger partial charge in [0.15, 0.2) is 0 Å². The summed E-state index contributed by atoms with van der Waals surface area (Å²) in [6.07, 6.45) is 3.32. The van der Waals surface area contributed by atoms with E-state index in [1.807, 2.05) is 62.4 Å². The SMILES string of the molecule is COc1ccc(-c2coc3c(C)c(OC)c(/C(C)=C/C(=O)NCc4ccccc4Cl)cc23)cc1. The summed E-state index contributed by atoms with van der Waals surface area (Å²) in [5.74, 6) is 1.26. The zero-order chi connectivity index (χ0) is 24.2. The highest BCUT2D eigenvalue weighted by molar-refractivity contribution is 6.31. The molecule has 4 aromatic rings. The molecule has 34 heavy (non-hydrogen) atoms. The third-order valence-corrected chi connectivity index (χ3v) is 6.20. The number of benzene rings is 3. The lowest BCUT2D eigenvalue weighted by molar-refractivity contribution is -0.116. The van der Waals surface area contributed by atoms with E-state index in [4.69, 9.17) is 25.5 Å². The number of carbonyl (C=O) groups excluding carboxylic acids is 1. The van der Waals surface area contributed by atoms with Gasteiger partial charge in [0.2, 0.25) is 5.91 Å². The van der Waals surface area contributed by atoms with Gasteiger partial charge >= 0.3 is 0 Å². The largest absolute Gasteiger partial charge is 0.497 e. The number of nitrogens with one attached hydrogen (secondary N) is 1. The number of halogens is 1. The van der Waals surface area contributed by atoms with Crippen LogP contribution >= 0.6 is 11.6 Å². The average Bonchev–Trinajstić information content (AvgIpc) is 3.28. The predicted molar refractivity (Wildman–Crippen MR) is 136 cm³/mol. The number of amides is 1. The lowest BCUT2D eigenvalue weighted by atomic mass is 9.96. The molecule has 0 fully saturated rings. The van der Waals surface area contributed by atoms with Crippen molar-refractivity contribution in [1.29, 1.82) is 0 Å². The summed E-state index contributed by atoms with van der Waals surface area (Å²) in [7, 11) is 3.26. The third-order valence-electron chi connectivity index (χ3n) is 5.83. The number of methoxy groups -OCH3 is 2. The minimum atomic E-state index is -0.209. The standard InChI is InChI=1S/C28H26ClNO4/c1-17(13-26(31)30-15-20-7-5-6-8-25(20)29)22-14-23-24(19-9-11-21(32-3)12-10-19)16-34-28(23)18(2)27(22)33-4/h5-14,16H,15H2,1-4H3,(H,30,31)/b17-13+. The fourth-order valence-electron chi connectivity index (χ4n) is 4.02. The van der Waals surface area contributed by atoms with Crippen molar-refractivity contribution in [2.24, 2.45) is 0 Å². The molecule has 0 aliphatic carbocycles. The summed E-state index contributed by atoms with van der Waals surface area (Å²) in [6, 6.07) is 17.3. The van der Waals surface area contributed by atoms with Crippen molar-refractivity contribution in [3.63, 3.8) is 0 Å². The van der Waals surface area contributed by atoms with Crippen LogP contribution in [0.25, 0.3) is 27.7 Å². The molecule has 1 N–H and O–H groups in total. The van der Waals surface area contributed by atoms with Crippen molar-refractivity contribution in [1.82, 2.24) is 5.32 Å². The van der Waals surface area contributed by atoms with Gasteiger partial charge in [0.25, 0.3) is 0 Å². The van der Waals surface area contributed by atoms with Crippen molar-refractivity contribution >= 4 is 34.1 Å². The Bertz CT molecular complexity index is 1370. The van der Waals surface area contributed by atoms with Crippen LogP contribution in [-0.2, 0) is 11.3 Å². The van der Waals surface area contributed by atoms with E-state index in [1.54, 1.807) is 32.6 Å². The molecule has 1 aromatic heterocycles. The molecule has 0 saturated heterocycles. The van der Waals surface area contributed by atoms with Gasteiger partial charge in [0, 0.05) is 39.7 Å². The van der Waals surface area contributed by atoms with Crippen molar-refractivity contribution in [2.45, 2.75) is 20.4 Å². The van der Waals surface area contributed by atoms with E-state index in [0.717, 1.165) is 50.1 Å². The number of fused-ring (bicyclic) bond motifs is 1. The second-order valence-corrected chi connectivity index (χ2v) is 8.38. The van der Waals surface area contributed by atoms with Gasteiger partial charge in [0.1, 0.15) is 17.1 Å². The van der Waals surface area contributed by atoms with Crippen molar-refractivity contribution in [3.05, 3.63) is 88.6 Å². The Kier molecular flexibility index (Phi) is 6.94. The van der Waals surface area contributed by atoms with Crippen LogP contribution in [0, 0.1) is 6.92 Å². The average molecular weight is 476 g/mol. The molecule has 0 aliphatic rings. The maximum absolute atomic E-state index is 12.7. The molecule has 1 heterocycles. The normalized spacial score (nSPS) is 11.5. The second kappa shape index (κ2) is 10.1. The Morgan fingerprint density at radius 2 is 1.82 bits per heavy atom. The molecule has 0 unspecified atom stereocenters. The van der Waals surface area contributed by atoms with Crippen LogP contribution in [0.15, 0.2) is 71.4 Å². The zero-order valence-electron chi connectivity index (χ0n) is 19.6. The van der Waals surface area contributed by atoms with E-state index in [2.05, 4.69) is 5.32 Å². The number of rotatable bonds is 7. The molecule has 0 atom stereocenters. The molecule has 6 heteroatoms. The fourth-order valence-corrected chi connectivity index (χ4v) is 4.22. The molecule has 0 bridgehead atoms. The maximum Gasteiger partial charge on any atom is 0.244 e. The van der Waals surface area contributed by atoms with E-state index in [-0.39, 0.29) is 5.91 Å². The first-order chi connectivity index (χ1) is 16.4. The number of allylic oxidation sites excluding steroid dienone is 1. The van der Waals surface area contributed by atoms with Crippen molar-refractivity contribution < 1.29 is 18.7 Å². The highest BCUT2D eigenvalue weighted by Gasteiger charge is 2.19. The highest BCUT2D eigenvalue weighted by atomic mass is 35.5. The van der Waals surface area contributed by atoms with Crippen LogP contribution in [0.4, 0.5) is 0 Å². The van der Waals surface area contributed by atoms with Gasteiger partial charge in [-0.3, -0.25) is 4.79 Å². The Hall–Kier alpha value is -3.70. The van der Waals surface area contributed by atoms with Crippen LogP contribution in [0.5, 0.6) is 11.5 Å². The number of hydrogen-bond acceptors (Lipinski definition) is 4. The van der Waals surface area contributed by atoms with Gasteiger partial charge in [-0.1, -0.05) is 41.9 Å². The Morgan fingerprint density at radius 1 is 1.09 bits per heavy atom. The zero-order valence-corrected chi connectivity index (χ0v) is 20.3. The summed E-state index contributed by atoms with van der Waals surface area (Å²) < 4.78 is 16.9. The van der Waals surface area contributed by atoms with Gasteiger partial charge in [0.05, 0.1) is 20.5 Å². The topological polar surface area (TPSA) is 60.7 Å². The van der Waals surface area contributed by atoms with Crippen LogP contribution in [0.2, 0.25) is 5.02 Å². The van der Waals surface area contributed by atoms with Crippen LogP contribution in [0.1, 0.15) is 23.6 Å². The van der Waals surface area contributed by atoms with Gasteiger partial charge < -0.3 is 19.2 Å². The van der Waals surface area contributed by atoms with E-state index in [1.165, 1.54) is 0 Å². The molecule has 5 nitrogen and oxygen atoms in total. The van der Waals surface area contributed by atoms with Crippen molar-refractivity contribution in [3.8, 4) is 22.6 Å². The maximum atomic E-state index is 12.7. The molecule has 4 rings (SSSR count). The van der Waals surface area contributed by atoms with E-state index in [0.29, 0.717) is 17.3 Å². The number of carbonyl (C=O) groups is 1. The van der Waals surface area contributed by atoms with Crippen LogP contribution < -0.4 is 14.8 Å². The predicted octanol–water partition coefficient (Wildman–Crippen LogP) is 6.80. The molecule has 3 aromatic carbocycles. The molecule has 0 saturated carbocycles. The highest BCUT2D eigenvalue weighted by Crippen LogP contribution is 2.40. The summed E-state index contributed by atoms with van der Waals surface area (Å²) in [4.78, 5) is 12.7. The number of hydrogen-bond donors (Lipinski definition) is 1. The first-order valence-corrected chi connectivity index (χ1v) is 11.2. The minimum absolute atomic E-state index is 0.209. The van der Waals surface area contributed by atoms with Gasteiger partial charge in [-0.05, 0) is 54.8 Å². The van der Waals surface area contributed by atoms with Crippen LogP contribution in [-0.4, -0.2) is 20.1 Å². The van der Waals surface area contributed by atoms with E-state index in [9.17, 15) is 4.79 Å². The second-order valence-electron chi connectivity index (χ2n) is 7.97. The fraction of sp³-hybridized carbons (Fsp3) is 0.179. The summed E-state index contributed by atoms with van der Waals surface area (Å²) in [5, 5.41) is 4.47. The lowest BCUT2D eigenvalue weighted by Gasteiger charge is -2.13. The molecule has 174 valence electrons. The van der Waals surface area contributed by atoms with Gasteiger partial charge in [-0.15, -0.1) is 0 Å². The Morgan fingerprint density at radius 3 is 2.50 bits per heavy atom. The molecule has 1 amide bonds. The smallest absolute Gasteiger partial charge is 0.244 e. The molecular formula is C28H26ClNO4. The quantitative estimate of drug-likeness (QED) is 0.299. The summed E-state index contributed by atoms with van der Waals surface area (Å²) in [6.45, 7) is 4.20. The Balaban J connectivity index is 1.68. The van der Waals surface area contributed by atoms with E-state index < -0.39 is 0 Å². The first-order valence-electron chi connectivity index (χ1n) is 10.9. The molecule has 0 radical (unpaired) electrons. The van der Waals surface area contributed by atoms with Crippen molar-refractivity contribution in [2.75, 3.05) is 14.2 Å². The molecular weight excluding hydrogens is 450 g/mol.